The predicted octanol–water partition coefficient (Wildman–Crippen LogP) is -2.58. The van der Waals surface area contributed by atoms with Gasteiger partial charge in [-0.25, -0.2) is 0 Å². The highest BCUT2D eigenvalue weighted by Crippen LogP contribution is 2.18. The summed E-state index contributed by atoms with van der Waals surface area (Å²) in [6.07, 6.45) is -4.76. The Morgan fingerprint density at radius 1 is 1.10 bits per heavy atom. The Kier molecular flexibility index (Phi) is 2.22. The van der Waals surface area contributed by atoms with Crippen molar-refractivity contribution in [3.63, 3.8) is 0 Å². The van der Waals surface area contributed by atoms with E-state index in [-0.39, 0.29) is 0 Å². The van der Waals surface area contributed by atoms with Crippen molar-refractivity contribution in [2.75, 3.05) is 6.61 Å². The zero-order chi connectivity index (χ0) is 7.72. The van der Waals surface area contributed by atoms with E-state index < -0.39 is 31.2 Å². The van der Waals surface area contributed by atoms with Gasteiger partial charge in [0.05, 0.1) is 6.61 Å². The fraction of sp³-hybridized carbons (Fsp3) is 1.00. The van der Waals surface area contributed by atoms with Crippen LogP contribution >= 0.6 is 0 Å². The molecule has 0 aromatic heterocycles. The summed E-state index contributed by atoms with van der Waals surface area (Å²) >= 11 is 0. The first kappa shape index (κ1) is 7.90. The van der Waals surface area contributed by atoms with E-state index in [4.69, 9.17) is 20.4 Å². The molecule has 0 bridgehead atoms. The molecule has 0 aliphatic carbocycles. The number of aliphatic hydroxyl groups is 4. The van der Waals surface area contributed by atoms with Crippen LogP contribution in [0.3, 0.4) is 0 Å². The number of hydrogen-bond acceptors (Lipinski definition) is 5. The second-order valence-corrected chi connectivity index (χ2v) is 2.23. The van der Waals surface area contributed by atoms with Crippen molar-refractivity contribution in [2.24, 2.45) is 0 Å². The molecule has 1 saturated heterocycles. The van der Waals surface area contributed by atoms with Crippen LogP contribution in [0.15, 0.2) is 0 Å². The van der Waals surface area contributed by atoms with Crippen LogP contribution < -0.4 is 0 Å². The van der Waals surface area contributed by atoms with Gasteiger partial charge in [0.1, 0.15) is 18.3 Å². The largest absolute Gasteiger partial charge is 0.394 e. The van der Waals surface area contributed by atoms with Gasteiger partial charge in [-0.1, -0.05) is 0 Å². The quantitative estimate of drug-likeness (QED) is 0.329. The Balaban J connectivity index is 2.53. The zero-order valence-corrected chi connectivity index (χ0v) is 5.21. The zero-order valence-electron chi connectivity index (χ0n) is 5.21. The summed E-state index contributed by atoms with van der Waals surface area (Å²) in [5.41, 5.74) is 0. The molecule has 1 aliphatic rings. The molecule has 1 heterocycles. The number of rotatable bonds is 1. The summed E-state index contributed by atoms with van der Waals surface area (Å²) in [5.74, 6) is 0. The predicted molar refractivity (Wildman–Crippen MR) is 30.0 cm³/mol. The van der Waals surface area contributed by atoms with E-state index in [0.29, 0.717) is 0 Å². The molecule has 10 heavy (non-hydrogen) atoms. The molecule has 0 amide bonds. The standard InChI is InChI=1S/C5H10O5/c6-1-2-3(7)4(8)5(9)10-2/h2-9H,1H2/t2-,3?,4+,5-/m0/s1. The summed E-state index contributed by atoms with van der Waals surface area (Å²) < 4.78 is 4.54. The number of ether oxygens (including phenoxy) is 1. The lowest BCUT2D eigenvalue weighted by atomic mass is 10.1. The first-order chi connectivity index (χ1) is 4.66. The molecule has 5 nitrogen and oxygen atoms in total. The normalized spacial score (nSPS) is 48.0. The number of hydrogen-bond donors (Lipinski definition) is 4. The van der Waals surface area contributed by atoms with Crippen molar-refractivity contribution in [2.45, 2.75) is 24.6 Å². The van der Waals surface area contributed by atoms with E-state index in [9.17, 15) is 0 Å². The maximum absolute atomic E-state index is 8.93. The van der Waals surface area contributed by atoms with Crippen LogP contribution in [-0.2, 0) is 4.74 Å². The molecule has 0 spiro atoms. The minimum atomic E-state index is -1.38. The van der Waals surface area contributed by atoms with Gasteiger partial charge in [0, 0.05) is 0 Å². The molecule has 0 saturated carbocycles. The highest BCUT2D eigenvalue weighted by Gasteiger charge is 2.41. The molecule has 1 aliphatic heterocycles. The molecular weight excluding hydrogens is 140 g/mol. The third-order valence-electron chi connectivity index (χ3n) is 1.52. The van der Waals surface area contributed by atoms with Crippen molar-refractivity contribution in [3.8, 4) is 0 Å². The summed E-state index contributed by atoms with van der Waals surface area (Å²) in [4.78, 5) is 0. The van der Waals surface area contributed by atoms with E-state index in [1.54, 1.807) is 0 Å². The van der Waals surface area contributed by atoms with Gasteiger partial charge in [0.15, 0.2) is 6.29 Å². The molecule has 4 atom stereocenters. The molecule has 5 heteroatoms. The van der Waals surface area contributed by atoms with Crippen LogP contribution in [0.4, 0.5) is 0 Å². The molecular formula is C5H10O5. The molecule has 0 aromatic rings. The maximum Gasteiger partial charge on any atom is 0.184 e. The Morgan fingerprint density at radius 2 is 1.70 bits per heavy atom. The minimum absolute atomic E-state index is 0.407. The minimum Gasteiger partial charge on any atom is -0.394 e. The van der Waals surface area contributed by atoms with Crippen molar-refractivity contribution < 1.29 is 25.2 Å². The van der Waals surface area contributed by atoms with Crippen LogP contribution in [0.5, 0.6) is 0 Å². The van der Waals surface area contributed by atoms with E-state index >= 15 is 0 Å². The van der Waals surface area contributed by atoms with Gasteiger partial charge in [0.25, 0.3) is 0 Å². The Morgan fingerprint density at radius 3 is 1.90 bits per heavy atom. The second-order valence-electron chi connectivity index (χ2n) is 2.23. The van der Waals surface area contributed by atoms with Gasteiger partial charge < -0.3 is 25.2 Å². The van der Waals surface area contributed by atoms with Crippen LogP contribution in [0, 0.1) is 0 Å². The fourth-order valence-electron chi connectivity index (χ4n) is 0.880. The second kappa shape index (κ2) is 2.81. The summed E-state index contributed by atoms with van der Waals surface area (Å²) in [6, 6.07) is 0. The average Bonchev–Trinajstić information content (AvgIpc) is 2.17. The lowest BCUT2D eigenvalue weighted by molar-refractivity contribution is -0.132. The molecule has 60 valence electrons. The SMILES string of the molecule is OC[C@@H]1O[C@H](O)[C@H](O)C1O. The third kappa shape index (κ3) is 1.14. The molecule has 0 radical (unpaired) electrons. The molecule has 1 unspecified atom stereocenters. The molecule has 4 N–H and O–H groups in total. The monoisotopic (exact) mass is 150 g/mol. The van der Waals surface area contributed by atoms with Crippen molar-refractivity contribution >= 4 is 0 Å². The lowest BCUT2D eigenvalue weighted by Gasteiger charge is -2.09. The van der Waals surface area contributed by atoms with Gasteiger partial charge >= 0.3 is 0 Å². The first-order valence-corrected chi connectivity index (χ1v) is 2.97. The summed E-state index contributed by atoms with van der Waals surface area (Å²) in [7, 11) is 0. The molecule has 1 rings (SSSR count). The van der Waals surface area contributed by atoms with E-state index in [2.05, 4.69) is 4.74 Å². The lowest BCUT2D eigenvalue weighted by Crippen LogP contribution is -2.33. The van der Waals surface area contributed by atoms with Crippen LogP contribution in [0.1, 0.15) is 0 Å². The highest BCUT2D eigenvalue weighted by atomic mass is 16.6. The summed E-state index contributed by atoms with van der Waals surface area (Å²) in [6.45, 7) is -0.407. The van der Waals surface area contributed by atoms with E-state index in [1.165, 1.54) is 0 Å². The van der Waals surface area contributed by atoms with Gasteiger partial charge in [-0.2, -0.15) is 0 Å². The van der Waals surface area contributed by atoms with Crippen molar-refractivity contribution in [3.05, 3.63) is 0 Å². The fourth-order valence-corrected chi connectivity index (χ4v) is 0.880. The van der Waals surface area contributed by atoms with E-state index in [1.807, 2.05) is 0 Å². The van der Waals surface area contributed by atoms with Crippen LogP contribution in [0.2, 0.25) is 0 Å². The van der Waals surface area contributed by atoms with Crippen molar-refractivity contribution in [1.82, 2.24) is 0 Å². The van der Waals surface area contributed by atoms with Gasteiger partial charge in [-0.05, 0) is 0 Å². The molecule has 0 aromatic carbocycles. The van der Waals surface area contributed by atoms with Gasteiger partial charge in [-0.15, -0.1) is 0 Å². The number of aliphatic hydroxyl groups excluding tert-OH is 4. The Hall–Kier alpha value is -0.200. The smallest absolute Gasteiger partial charge is 0.184 e. The van der Waals surface area contributed by atoms with E-state index in [0.717, 1.165) is 0 Å². The molecule has 1 fully saturated rings. The summed E-state index contributed by atoms with van der Waals surface area (Å²) in [5, 5.41) is 35.0. The third-order valence-corrected chi connectivity index (χ3v) is 1.52. The van der Waals surface area contributed by atoms with Gasteiger partial charge in [0.2, 0.25) is 0 Å². The topological polar surface area (TPSA) is 90.2 Å². The van der Waals surface area contributed by atoms with Crippen LogP contribution in [0.25, 0.3) is 0 Å². The average molecular weight is 150 g/mol. The van der Waals surface area contributed by atoms with Crippen molar-refractivity contribution in [1.29, 1.82) is 0 Å². The first-order valence-electron chi connectivity index (χ1n) is 2.97. The Bertz CT molecular complexity index is 117. The maximum atomic E-state index is 8.93. The van der Waals surface area contributed by atoms with Crippen LogP contribution in [-0.4, -0.2) is 51.6 Å². The highest BCUT2D eigenvalue weighted by molar-refractivity contribution is 4.84. The Labute approximate surface area is 57.5 Å². The van der Waals surface area contributed by atoms with Gasteiger partial charge in [-0.3, -0.25) is 0 Å².